The number of nitrogens with zero attached hydrogens (tertiary/aromatic N) is 2. The number of halogens is 1. The van der Waals surface area contributed by atoms with Crippen LogP contribution in [-0.4, -0.2) is 15.4 Å². The van der Waals surface area contributed by atoms with E-state index in [9.17, 15) is 14.9 Å². The summed E-state index contributed by atoms with van der Waals surface area (Å²) in [6.07, 6.45) is 3.93. The van der Waals surface area contributed by atoms with Crippen molar-refractivity contribution in [3.05, 3.63) is 111 Å². The Morgan fingerprint density at radius 1 is 1.15 bits per heavy atom. The highest BCUT2D eigenvalue weighted by molar-refractivity contribution is 6.32. The lowest BCUT2D eigenvalue weighted by atomic mass is 10.1. The molecule has 168 valence electrons. The predicted octanol–water partition coefficient (Wildman–Crippen LogP) is 5.70. The zero-order valence-corrected chi connectivity index (χ0v) is 18.4. The average molecular weight is 466 g/mol. The summed E-state index contributed by atoms with van der Waals surface area (Å²) in [4.78, 5) is 22.8. The highest BCUT2D eigenvalue weighted by Gasteiger charge is 2.16. The molecule has 0 spiro atoms. The molecule has 4 aromatic rings. The summed E-state index contributed by atoms with van der Waals surface area (Å²) in [6, 6.07) is 18.7. The first kappa shape index (κ1) is 22.2. The zero-order chi connectivity index (χ0) is 23.4. The number of carbonyl (C=O) groups excluding carboxylic acids is 1. The van der Waals surface area contributed by atoms with Crippen LogP contribution in [0.5, 0.6) is 5.75 Å². The van der Waals surface area contributed by atoms with Crippen molar-refractivity contribution in [2.24, 2.45) is 0 Å². The van der Waals surface area contributed by atoms with Gasteiger partial charge in [0, 0.05) is 30.2 Å². The molecular weight excluding hydrogens is 446 g/mol. The van der Waals surface area contributed by atoms with Crippen LogP contribution in [0.3, 0.4) is 0 Å². The van der Waals surface area contributed by atoms with Crippen LogP contribution >= 0.6 is 11.6 Å². The minimum absolute atomic E-state index is 0.0151. The molecule has 9 heteroatoms. The molecule has 0 aliphatic carbocycles. The number of nitro benzene ring substituents is 1. The Hall–Kier alpha value is -4.04. The number of benzene rings is 2. The molecule has 0 bridgehead atoms. The van der Waals surface area contributed by atoms with Crippen molar-refractivity contribution < 1.29 is 18.9 Å². The highest BCUT2D eigenvalue weighted by atomic mass is 35.5. The fraction of sp³-hybridized carbons (Fsp3) is 0.125. The third-order valence-corrected chi connectivity index (χ3v) is 5.32. The van der Waals surface area contributed by atoms with E-state index in [2.05, 4.69) is 5.32 Å². The number of non-ortho nitro benzene ring substituents is 1. The van der Waals surface area contributed by atoms with E-state index in [1.165, 1.54) is 18.2 Å². The van der Waals surface area contributed by atoms with Gasteiger partial charge in [0.2, 0.25) is 0 Å². The van der Waals surface area contributed by atoms with Gasteiger partial charge in [-0.3, -0.25) is 14.9 Å². The van der Waals surface area contributed by atoms with Gasteiger partial charge in [0.05, 0.1) is 16.0 Å². The molecule has 2 aromatic carbocycles. The molecule has 0 radical (unpaired) electrons. The minimum Gasteiger partial charge on any atom is -0.484 e. The van der Waals surface area contributed by atoms with Crippen LogP contribution in [0, 0.1) is 10.1 Å². The van der Waals surface area contributed by atoms with Crippen LogP contribution in [0.2, 0.25) is 5.02 Å². The summed E-state index contributed by atoms with van der Waals surface area (Å²) in [6.45, 7) is 1.91. The lowest BCUT2D eigenvalue weighted by Crippen LogP contribution is -2.26. The summed E-state index contributed by atoms with van der Waals surface area (Å²) in [5.74, 6) is 0.496. The van der Waals surface area contributed by atoms with Gasteiger partial charge in [-0.1, -0.05) is 23.7 Å². The minimum atomic E-state index is -0.537. The van der Waals surface area contributed by atoms with Gasteiger partial charge in [-0.2, -0.15) is 0 Å². The van der Waals surface area contributed by atoms with Crippen LogP contribution in [0.25, 0.3) is 5.69 Å². The van der Waals surface area contributed by atoms with Crippen LogP contribution in [0.4, 0.5) is 5.69 Å². The Labute approximate surface area is 194 Å². The van der Waals surface area contributed by atoms with Crippen LogP contribution in [0.1, 0.15) is 34.8 Å². The second-order valence-corrected chi connectivity index (χ2v) is 7.71. The number of hydrogen-bond donors (Lipinski definition) is 1. The molecule has 1 atom stereocenters. The van der Waals surface area contributed by atoms with E-state index in [1.807, 2.05) is 60.3 Å². The number of amides is 1. The molecule has 1 unspecified atom stereocenters. The van der Waals surface area contributed by atoms with E-state index < -0.39 is 4.92 Å². The largest absolute Gasteiger partial charge is 0.484 e. The summed E-state index contributed by atoms with van der Waals surface area (Å²) < 4.78 is 13.1. The normalized spacial score (nSPS) is 11.7. The highest BCUT2D eigenvalue weighted by Crippen LogP contribution is 2.29. The topological polar surface area (TPSA) is 99.5 Å². The van der Waals surface area contributed by atoms with E-state index in [0.29, 0.717) is 5.76 Å². The fourth-order valence-electron chi connectivity index (χ4n) is 3.24. The van der Waals surface area contributed by atoms with Crippen molar-refractivity contribution in [3.8, 4) is 11.4 Å². The molecule has 0 aliphatic rings. The molecule has 2 heterocycles. The van der Waals surface area contributed by atoms with E-state index in [-0.39, 0.29) is 40.8 Å². The maximum absolute atomic E-state index is 12.6. The van der Waals surface area contributed by atoms with Gasteiger partial charge in [-0.05, 0) is 55.0 Å². The van der Waals surface area contributed by atoms with Crippen LogP contribution in [0.15, 0.2) is 83.5 Å². The number of carbonyl (C=O) groups is 1. The Morgan fingerprint density at radius 3 is 2.55 bits per heavy atom. The second kappa shape index (κ2) is 9.62. The number of furan rings is 1. The van der Waals surface area contributed by atoms with Gasteiger partial charge in [0.25, 0.3) is 11.6 Å². The Kier molecular flexibility index (Phi) is 6.46. The van der Waals surface area contributed by atoms with Gasteiger partial charge in [0.15, 0.2) is 5.76 Å². The first-order chi connectivity index (χ1) is 15.9. The molecule has 33 heavy (non-hydrogen) atoms. The van der Waals surface area contributed by atoms with Crippen molar-refractivity contribution in [2.45, 2.75) is 19.6 Å². The van der Waals surface area contributed by atoms with Gasteiger partial charge in [-0.25, -0.2) is 0 Å². The third kappa shape index (κ3) is 5.24. The van der Waals surface area contributed by atoms with Crippen molar-refractivity contribution >= 4 is 23.2 Å². The summed E-state index contributed by atoms with van der Waals surface area (Å²) in [7, 11) is 0. The smallest absolute Gasteiger partial charge is 0.287 e. The van der Waals surface area contributed by atoms with Crippen LogP contribution in [-0.2, 0) is 6.61 Å². The Bertz CT molecular complexity index is 1270. The summed E-state index contributed by atoms with van der Waals surface area (Å²) in [5.41, 5.74) is 1.87. The molecule has 1 amide bonds. The van der Waals surface area contributed by atoms with Gasteiger partial charge in [0.1, 0.15) is 18.1 Å². The van der Waals surface area contributed by atoms with Crippen LogP contribution < -0.4 is 10.1 Å². The molecular formula is C24H20ClN3O5. The Morgan fingerprint density at radius 2 is 1.88 bits per heavy atom. The number of aromatic nitrogens is 1. The monoisotopic (exact) mass is 465 g/mol. The molecule has 0 fully saturated rings. The summed E-state index contributed by atoms with van der Waals surface area (Å²) in [5, 5.41) is 13.8. The number of nitro groups is 1. The molecule has 8 nitrogen and oxygen atoms in total. The molecule has 1 N–H and O–H groups in total. The number of ether oxygens (including phenoxy) is 1. The van der Waals surface area contributed by atoms with Gasteiger partial charge >= 0.3 is 0 Å². The first-order valence-electron chi connectivity index (χ1n) is 10.1. The van der Waals surface area contributed by atoms with Crippen molar-refractivity contribution in [1.29, 1.82) is 0 Å². The quantitative estimate of drug-likeness (QED) is 0.265. The lowest BCUT2D eigenvalue weighted by Gasteiger charge is -2.14. The van der Waals surface area contributed by atoms with Crippen molar-refractivity contribution in [3.63, 3.8) is 0 Å². The third-order valence-electron chi connectivity index (χ3n) is 5.02. The summed E-state index contributed by atoms with van der Waals surface area (Å²) >= 11 is 6.02. The van der Waals surface area contributed by atoms with E-state index >= 15 is 0 Å². The Balaban J connectivity index is 1.34. The number of hydrogen-bond acceptors (Lipinski definition) is 5. The molecule has 0 saturated heterocycles. The van der Waals surface area contributed by atoms with E-state index in [4.69, 9.17) is 20.8 Å². The predicted molar refractivity (Wildman–Crippen MR) is 123 cm³/mol. The van der Waals surface area contributed by atoms with Gasteiger partial charge < -0.3 is 19.0 Å². The van der Waals surface area contributed by atoms with E-state index in [0.717, 1.165) is 11.3 Å². The number of nitrogens with one attached hydrogen (secondary N) is 1. The molecule has 0 saturated carbocycles. The van der Waals surface area contributed by atoms with Crippen molar-refractivity contribution in [1.82, 2.24) is 9.88 Å². The SMILES string of the molecule is CC(NC(=O)c1ccc(COc2ccc([N+](=O)[O-])cc2Cl)o1)c1ccc(-n2cccc2)cc1. The molecule has 2 aromatic heterocycles. The molecule has 0 aliphatic heterocycles. The first-order valence-corrected chi connectivity index (χ1v) is 10.5. The van der Waals surface area contributed by atoms with E-state index in [1.54, 1.807) is 12.1 Å². The standard InChI is InChI=1S/C24H20ClN3O5/c1-16(17-4-6-18(7-5-17)27-12-2-3-13-27)26-24(29)23-11-9-20(33-23)15-32-22-10-8-19(28(30)31)14-21(22)25/h2-14,16H,15H2,1H3,(H,26,29). The average Bonchev–Trinajstić information content (AvgIpc) is 3.51. The molecule has 4 rings (SSSR count). The maximum Gasteiger partial charge on any atom is 0.287 e. The maximum atomic E-state index is 12.6. The second-order valence-electron chi connectivity index (χ2n) is 7.30. The zero-order valence-electron chi connectivity index (χ0n) is 17.6. The number of rotatable bonds is 8. The van der Waals surface area contributed by atoms with Crippen molar-refractivity contribution in [2.75, 3.05) is 0 Å². The fourth-order valence-corrected chi connectivity index (χ4v) is 3.47. The lowest BCUT2D eigenvalue weighted by molar-refractivity contribution is -0.384. The van der Waals surface area contributed by atoms with Gasteiger partial charge in [-0.15, -0.1) is 0 Å².